The monoisotopic (exact) mass is 174 g/mol. The molecule has 0 N–H and O–H groups in total. The van der Waals surface area contributed by atoms with Crippen molar-refractivity contribution in [2.75, 3.05) is 6.61 Å². The first kappa shape index (κ1) is 8.36. The average molecular weight is 174 g/mol. The molecule has 0 aromatic heterocycles. The summed E-state index contributed by atoms with van der Waals surface area (Å²) in [6.07, 6.45) is 5.40. The Hall–Kier alpha value is -1.24. The Balaban J connectivity index is 2.47. The van der Waals surface area contributed by atoms with Crippen molar-refractivity contribution in [3.63, 3.8) is 0 Å². The van der Waals surface area contributed by atoms with Crippen LogP contribution >= 0.6 is 0 Å². The van der Waals surface area contributed by atoms with E-state index in [2.05, 4.69) is 31.2 Å². The molecule has 0 saturated carbocycles. The number of hydrogen-bond donors (Lipinski definition) is 0. The Morgan fingerprint density at radius 2 is 2.23 bits per heavy atom. The van der Waals surface area contributed by atoms with Crippen molar-refractivity contribution in [1.29, 1.82) is 0 Å². The fourth-order valence-corrected chi connectivity index (χ4v) is 1.79. The Morgan fingerprint density at radius 1 is 1.38 bits per heavy atom. The maximum atomic E-state index is 5.56. The fraction of sp³-hybridized carbons (Fsp3) is 0.333. The van der Waals surface area contributed by atoms with Gasteiger partial charge in [-0.2, -0.15) is 0 Å². The summed E-state index contributed by atoms with van der Waals surface area (Å²) in [6.45, 7) is 4.91. The predicted molar refractivity (Wildman–Crippen MR) is 55.1 cm³/mol. The first-order valence-electron chi connectivity index (χ1n) is 4.74. The third-order valence-corrected chi connectivity index (χ3v) is 2.44. The summed E-state index contributed by atoms with van der Waals surface area (Å²) in [4.78, 5) is 0. The van der Waals surface area contributed by atoms with Gasteiger partial charge in [0.05, 0.1) is 6.61 Å². The number of hydrogen-bond acceptors (Lipinski definition) is 1. The largest absolute Gasteiger partial charge is 0.494 e. The molecule has 0 heterocycles. The molecule has 0 saturated heterocycles. The molecule has 2 rings (SSSR count). The molecule has 68 valence electrons. The van der Waals surface area contributed by atoms with E-state index in [0.29, 0.717) is 0 Å². The lowest BCUT2D eigenvalue weighted by molar-refractivity contribution is 0.337. The molecule has 1 aliphatic rings. The van der Waals surface area contributed by atoms with Gasteiger partial charge >= 0.3 is 0 Å². The van der Waals surface area contributed by atoms with E-state index in [1.54, 1.807) is 0 Å². The smallest absolute Gasteiger partial charge is 0.123 e. The maximum Gasteiger partial charge on any atom is 0.123 e. The van der Waals surface area contributed by atoms with E-state index < -0.39 is 0 Å². The van der Waals surface area contributed by atoms with E-state index in [9.17, 15) is 0 Å². The zero-order valence-corrected chi connectivity index (χ0v) is 8.13. The summed E-state index contributed by atoms with van der Waals surface area (Å²) < 4.78 is 5.56. The Kier molecular flexibility index (Phi) is 2.09. The van der Waals surface area contributed by atoms with Gasteiger partial charge in [-0.25, -0.2) is 0 Å². The van der Waals surface area contributed by atoms with Crippen molar-refractivity contribution >= 4 is 6.08 Å². The molecule has 0 amide bonds. The third-order valence-electron chi connectivity index (χ3n) is 2.44. The van der Waals surface area contributed by atoms with Gasteiger partial charge in [0, 0.05) is 5.56 Å². The molecule has 0 atom stereocenters. The van der Waals surface area contributed by atoms with Crippen molar-refractivity contribution in [2.45, 2.75) is 20.3 Å². The molecule has 0 aliphatic heterocycles. The Bertz CT molecular complexity index is 350. The van der Waals surface area contributed by atoms with Crippen molar-refractivity contribution < 1.29 is 4.74 Å². The van der Waals surface area contributed by atoms with Crippen LogP contribution in [0.5, 0.6) is 5.75 Å². The molecule has 0 spiro atoms. The minimum absolute atomic E-state index is 0.746. The second-order valence-corrected chi connectivity index (χ2v) is 3.31. The first-order chi connectivity index (χ1) is 6.33. The van der Waals surface area contributed by atoms with Crippen LogP contribution in [0.2, 0.25) is 0 Å². The number of benzene rings is 1. The maximum absolute atomic E-state index is 5.56. The van der Waals surface area contributed by atoms with Crippen molar-refractivity contribution in [2.24, 2.45) is 0 Å². The first-order valence-corrected chi connectivity index (χ1v) is 4.74. The SMILES string of the molecule is CCOc1ccc(C)c2c1CC=C2. The topological polar surface area (TPSA) is 9.23 Å². The number of rotatable bonds is 2. The second kappa shape index (κ2) is 3.25. The summed E-state index contributed by atoms with van der Waals surface area (Å²) >= 11 is 0. The van der Waals surface area contributed by atoms with E-state index in [1.165, 1.54) is 16.7 Å². The van der Waals surface area contributed by atoms with Gasteiger partial charge < -0.3 is 4.74 Å². The summed E-state index contributed by atoms with van der Waals surface area (Å²) in [5.74, 6) is 1.05. The quantitative estimate of drug-likeness (QED) is 0.669. The molecule has 0 radical (unpaired) electrons. The van der Waals surface area contributed by atoms with E-state index in [-0.39, 0.29) is 0 Å². The highest BCUT2D eigenvalue weighted by atomic mass is 16.5. The van der Waals surface area contributed by atoms with E-state index >= 15 is 0 Å². The van der Waals surface area contributed by atoms with Crippen LogP contribution in [0.3, 0.4) is 0 Å². The van der Waals surface area contributed by atoms with Gasteiger partial charge in [0.1, 0.15) is 5.75 Å². The van der Waals surface area contributed by atoms with Crippen molar-refractivity contribution in [3.05, 3.63) is 34.9 Å². The number of aryl methyl sites for hydroxylation is 1. The van der Waals surface area contributed by atoms with Crippen LogP contribution in [0.1, 0.15) is 23.6 Å². The van der Waals surface area contributed by atoms with Crippen LogP contribution in [-0.2, 0) is 6.42 Å². The summed E-state index contributed by atoms with van der Waals surface area (Å²) in [7, 11) is 0. The number of ether oxygens (including phenoxy) is 1. The summed E-state index contributed by atoms with van der Waals surface area (Å²) in [5.41, 5.74) is 4.04. The molecule has 0 bridgehead atoms. The van der Waals surface area contributed by atoms with Gasteiger partial charge in [-0.05, 0) is 37.5 Å². The van der Waals surface area contributed by atoms with E-state index in [4.69, 9.17) is 4.74 Å². The van der Waals surface area contributed by atoms with Gasteiger partial charge in [0.15, 0.2) is 0 Å². The molecule has 1 heteroatoms. The van der Waals surface area contributed by atoms with Crippen molar-refractivity contribution in [1.82, 2.24) is 0 Å². The van der Waals surface area contributed by atoms with Crippen LogP contribution < -0.4 is 4.74 Å². The van der Waals surface area contributed by atoms with E-state index in [1.807, 2.05) is 6.92 Å². The molecular weight excluding hydrogens is 160 g/mol. The minimum atomic E-state index is 0.746. The molecule has 1 aromatic rings. The highest BCUT2D eigenvalue weighted by Crippen LogP contribution is 2.31. The molecule has 0 unspecified atom stereocenters. The lowest BCUT2D eigenvalue weighted by Gasteiger charge is -2.10. The summed E-state index contributed by atoms with van der Waals surface area (Å²) in [5, 5.41) is 0. The van der Waals surface area contributed by atoms with Gasteiger partial charge in [0.25, 0.3) is 0 Å². The van der Waals surface area contributed by atoms with Crippen LogP contribution in [-0.4, -0.2) is 6.61 Å². The van der Waals surface area contributed by atoms with Crippen LogP contribution in [0.15, 0.2) is 18.2 Å². The van der Waals surface area contributed by atoms with Gasteiger partial charge in [0.2, 0.25) is 0 Å². The predicted octanol–water partition coefficient (Wildman–Crippen LogP) is 2.96. The minimum Gasteiger partial charge on any atom is -0.494 e. The van der Waals surface area contributed by atoms with Crippen LogP contribution in [0, 0.1) is 6.92 Å². The van der Waals surface area contributed by atoms with Crippen LogP contribution in [0.4, 0.5) is 0 Å². The lowest BCUT2D eigenvalue weighted by Crippen LogP contribution is -1.97. The summed E-state index contributed by atoms with van der Waals surface area (Å²) in [6, 6.07) is 4.20. The highest BCUT2D eigenvalue weighted by molar-refractivity contribution is 5.66. The normalized spacial score (nSPS) is 13.1. The standard InChI is InChI=1S/C12H14O/c1-3-13-12-8-7-9(2)10-5-4-6-11(10)12/h4-5,7-8H,3,6H2,1-2H3. The van der Waals surface area contributed by atoms with Crippen molar-refractivity contribution in [3.8, 4) is 5.75 Å². The zero-order chi connectivity index (χ0) is 9.26. The lowest BCUT2D eigenvalue weighted by atomic mass is 10.0. The molecule has 1 aliphatic carbocycles. The van der Waals surface area contributed by atoms with Gasteiger partial charge in [-0.15, -0.1) is 0 Å². The molecule has 0 fully saturated rings. The Morgan fingerprint density at radius 3 is 3.00 bits per heavy atom. The highest BCUT2D eigenvalue weighted by Gasteiger charge is 2.12. The molecule has 13 heavy (non-hydrogen) atoms. The second-order valence-electron chi connectivity index (χ2n) is 3.31. The Labute approximate surface area is 79.0 Å². The third kappa shape index (κ3) is 1.35. The molecular formula is C12H14O. The number of fused-ring (bicyclic) bond motifs is 1. The fourth-order valence-electron chi connectivity index (χ4n) is 1.79. The van der Waals surface area contributed by atoms with E-state index in [0.717, 1.165) is 18.8 Å². The zero-order valence-electron chi connectivity index (χ0n) is 8.13. The van der Waals surface area contributed by atoms with Gasteiger partial charge in [-0.1, -0.05) is 18.2 Å². The van der Waals surface area contributed by atoms with Gasteiger partial charge in [-0.3, -0.25) is 0 Å². The molecule has 1 nitrogen and oxygen atoms in total. The number of allylic oxidation sites excluding steroid dienone is 1. The average Bonchev–Trinajstić information content (AvgIpc) is 2.59. The van der Waals surface area contributed by atoms with Crippen LogP contribution in [0.25, 0.3) is 6.08 Å². The molecule has 1 aromatic carbocycles.